The van der Waals surface area contributed by atoms with E-state index in [1.807, 2.05) is 24.5 Å². The summed E-state index contributed by atoms with van der Waals surface area (Å²) in [4.78, 5) is 23.6. The summed E-state index contributed by atoms with van der Waals surface area (Å²) in [5, 5.41) is 15.8. The Morgan fingerprint density at radius 3 is 2.71 bits per heavy atom. The average molecular weight is 545 g/mol. The first-order valence-electron chi connectivity index (χ1n) is 13.6. The lowest BCUT2D eigenvalue weighted by molar-refractivity contribution is -0.116. The van der Waals surface area contributed by atoms with Gasteiger partial charge in [-0.05, 0) is 91.7 Å². The number of amides is 1. The third-order valence-electron chi connectivity index (χ3n) is 8.24. The van der Waals surface area contributed by atoms with Crippen LogP contribution in [0.15, 0.2) is 42.7 Å². The zero-order valence-corrected chi connectivity index (χ0v) is 22.9. The molecule has 9 heteroatoms. The minimum Gasteiger partial charge on any atom is -0.317 e. The number of rotatable bonds is 7. The summed E-state index contributed by atoms with van der Waals surface area (Å²) in [6.07, 6.45) is 7.54. The van der Waals surface area contributed by atoms with Crippen molar-refractivity contribution in [1.29, 1.82) is 0 Å². The molecule has 1 saturated heterocycles. The van der Waals surface area contributed by atoms with E-state index in [4.69, 9.17) is 4.98 Å². The zero-order chi connectivity index (χ0) is 25.5. The van der Waals surface area contributed by atoms with Gasteiger partial charge >= 0.3 is 0 Å². The van der Waals surface area contributed by atoms with Crippen LogP contribution >= 0.6 is 22.7 Å². The van der Waals surface area contributed by atoms with Gasteiger partial charge in [-0.1, -0.05) is 6.07 Å². The SMILES string of the molecule is O=C(CCN[C@@H]1C[C@H]2CNC[C@H]2C1)Nc1sc2c(c1-c1nc3cc(-c4ccncc4)ccc3s1)CCNC2. The molecular formula is C29H32N6OS2. The zero-order valence-electron chi connectivity index (χ0n) is 21.3. The monoisotopic (exact) mass is 544 g/mol. The van der Waals surface area contributed by atoms with Gasteiger partial charge in [-0.2, -0.15) is 0 Å². The highest BCUT2D eigenvalue weighted by Gasteiger charge is 2.36. The molecule has 38 heavy (non-hydrogen) atoms. The van der Waals surface area contributed by atoms with Gasteiger partial charge in [-0.15, -0.1) is 22.7 Å². The van der Waals surface area contributed by atoms with Crippen molar-refractivity contribution in [3.05, 3.63) is 53.2 Å². The Kier molecular flexibility index (Phi) is 6.71. The van der Waals surface area contributed by atoms with Crippen molar-refractivity contribution >= 4 is 43.8 Å². The fourth-order valence-corrected chi connectivity index (χ4v) is 8.64. The molecule has 1 amide bonds. The van der Waals surface area contributed by atoms with E-state index in [9.17, 15) is 4.79 Å². The molecule has 0 unspecified atom stereocenters. The van der Waals surface area contributed by atoms with Crippen molar-refractivity contribution in [2.24, 2.45) is 11.8 Å². The average Bonchev–Trinajstić information content (AvgIpc) is 3.70. The Morgan fingerprint density at radius 2 is 1.87 bits per heavy atom. The van der Waals surface area contributed by atoms with Gasteiger partial charge in [0.2, 0.25) is 5.91 Å². The number of thiazole rings is 1. The predicted octanol–water partition coefficient (Wildman–Crippen LogP) is 4.65. The summed E-state index contributed by atoms with van der Waals surface area (Å²) in [6, 6.07) is 11.1. The number of pyridine rings is 1. The quantitative estimate of drug-likeness (QED) is 0.271. The standard InChI is InChI=1S/C29H32N6OS2/c36-26(6-10-33-21-11-19-14-32-15-20(19)12-21)35-29-27(22-5-9-31-16-25(22)38-29)28-34-23-13-18(1-2-24(23)37-28)17-3-7-30-8-4-17/h1-4,7-8,13,19-21,31-33H,5-6,9-12,14-16H2,(H,35,36)/t19-,20+,21+. The van der Waals surface area contributed by atoms with Crippen molar-refractivity contribution in [1.82, 2.24) is 25.9 Å². The molecule has 3 aromatic heterocycles. The Morgan fingerprint density at radius 1 is 1.03 bits per heavy atom. The summed E-state index contributed by atoms with van der Waals surface area (Å²) < 4.78 is 1.16. The van der Waals surface area contributed by atoms with E-state index in [0.29, 0.717) is 12.5 Å². The third kappa shape index (κ3) is 4.78. The summed E-state index contributed by atoms with van der Waals surface area (Å²) in [7, 11) is 0. The van der Waals surface area contributed by atoms with Crippen LogP contribution in [0, 0.1) is 11.8 Å². The first kappa shape index (κ1) is 24.4. The molecule has 0 spiro atoms. The molecule has 196 valence electrons. The van der Waals surface area contributed by atoms with Crippen molar-refractivity contribution < 1.29 is 4.79 Å². The highest BCUT2D eigenvalue weighted by atomic mass is 32.1. The lowest BCUT2D eigenvalue weighted by atomic mass is 10.0. The summed E-state index contributed by atoms with van der Waals surface area (Å²) >= 11 is 3.41. The highest BCUT2D eigenvalue weighted by Crippen LogP contribution is 2.45. The Labute approximate surface area is 230 Å². The number of thiophene rings is 1. The molecule has 0 radical (unpaired) electrons. The Bertz CT molecular complexity index is 1450. The van der Waals surface area contributed by atoms with Gasteiger partial charge in [0.25, 0.3) is 0 Å². The van der Waals surface area contributed by atoms with Crippen LogP contribution in [-0.2, 0) is 17.8 Å². The van der Waals surface area contributed by atoms with Crippen LogP contribution in [0.25, 0.3) is 31.9 Å². The molecule has 7 rings (SSSR count). The molecule has 3 atom stereocenters. The molecule has 4 aromatic rings. The van der Waals surface area contributed by atoms with Crippen molar-refractivity contribution in [2.75, 3.05) is 31.5 Å². The fraction of sp³-hybridized carbons (Fsp3) is 0.414. The number of hydrogen-bond acceptors (Lipinski definition) is 8. The number of anilines is 1. The van der Waals surface area contributed by atoms with E-state index >= 15 is 0 Å². The lowest BCUT2D eigenvalue weighted by Gasteiger charge is -2.14. The van der Waals surface area contributed by atoms with Gasteiger partial charge in [-0.25, -0.2) is 4.98 Å². The van der Waals surface area contributed by atoms with Crippen LogP contribution in [0.5, 0.6) is 0 Å². The minimum atomic E-state index is 0.0752. The first-order valence-corrected chi connectivity index (χ1v) is 15.2. The Hall–Kier alpha value is -2.69. The molecule has 1 aromatic carbocycles. The van der Waals surface area contributed by atoms with E-state index in [-0.39, 0.29) is 5.91 Å². The van der Waals surface area contributed by atoms with Crippen LogP contribution in [-0.4, -0.2) is 48.1 Å². The van der Waals surface area contributed by atoms with Crippen LogP contribution in [0.4, 0.5) is 5.00 Å². The highest BCUT2D eigenvalue weighted by molar-refractivity contribution is 7.23. The van der Waals surface area contributed by atoms with Gasteiger partial charge in [-0.3, -0.25) is 9.78 Å². The molecule has 7 nitrogen and oxygen atoms in total. The minimum absolute atomic E-state index is 0.0752. The Balaban J connectivity index is 1.10. The van der Waals surface area contributed by atoms with E-state index in [2.05, 4.69) is 44.5 Å². The number of nitrogens with one attached hydrogen (secondary N) is 4. The van der Waals surface area contributed by atoms with Gasteiger partial charge in [0.1, 0.15) is 10.0 Å². The third-order valence-corrected chi connectivity index (χ3v) is 10.4. The van der Waals surface area contributed by atoms with Crippen LogP contribution in [0.1, 0.15) is 29.7 Å². The molecule has 2 aliphatic heterocycles. The predicted molar refractivity (Wildman–Crippen MR) is 156 cm³/mol. The van der Waals surface area contributed by atoms with E-state index < -0.39 is 0 Å². The number of nitrogens with zero attached hydrogens (tertiary/aromatic N) is 2. The molecule has 1 saturated carbocycles. The van der Waals surface area contributed by atoms with E-state index in [1.165, 1.54) is 23.3 Å². The molecule has 1 aliphatic carbocycles. The first-order chi connectivity index (χ1) is 18.7. The van der Waals surface area contributed by atoms with Crippen molar-refractivity contribution in [3.8, 4) is 21.7 Å². The largest absolute Gasteiger partial charge is 0.317 e. The van der Waals surface area contributed by atoms with E-state index in [1.54, 1.807) is 22.7 Å². The van der Waals surface area contributed by atoms with Crippen LogP contribution < -0.4 is 21.3 Å². The molecule has 0 bridgehead atoms. The van der Waals surface area contributed by atoms with Gasteiger partial charge in [0, 0.05) is 48.4 Å². The summed E-state index contributed by atoms with van der Waals surface area (Å²) in [6.45, 7) is 4.83. The lowest BCUT2D eigenvalue weighted by Crippen LogP contribution is -2.31. The normalized spacial score (nSPS) is 22.5. The number of hydrogen-bond donors (Lipinski definition) is 4. The molecule has 5 heterocycles. The number of aromatic nitrogens is 2. The van der Waals surface area contributed by atoms with Gasteiger partial charge in [0.05, 0.1) is 10.2 Å². The number of fused-ring (bicyclic) bond motifs is 3. The van der Waals surface area contributed by atoms with Crippen LogP contribution in [0.3, 0.4) is 0 Å². The molecule has 2 fully saturated rings. The number of carbonyl (C=O) groups is 1. The maximum atomic E-state index is 13.1. The second-order valence-electron chi connectivity index (χ2n) is 10.7. The second kappa shape index (κ2) is 10.5. The number of benzene rings is 1. The molecular weight excluding hydrogens is 512 g/mol. The smallest absolute Gasteiger partial charge is 0.226 e. The number of carbonyl (C=O) groups excluding carboxylic acids is 1. The van der Waals surface area contributed by atoms with Crippen molar-refractivity contribution in [2.45, 2.75) is 38.3 Å². The van der Waals surface area contributed by atoms with Crippen LogP contribution in [0.2, 0.25) is 0 Å². The maximum absolute atomic E-state index is 13.1. The van der Waals surface area contributed by atoms with Crippen molar-refractivity contribution in [3.63, 3.8) is 0 Å². The summed E-state index contributed by atoms with van der Waals surface area (Å²) in [5.74, 6) is 1.69. The topological polar surface area (TPSA) is 91.0 Å². The summed E-state index contributed by atoms with van der Waals surface area (Å²) in [5.41, 5.74) is 5.72. The maximum Gasteiger partial charge on any atom is 0.226 e. The van der Waals surface area contributed by atoms with Gasteiger partial charge < -0.3 is 21.3 Å². The second-order valence-corrected chi connectivity index (χ2v) is 12.8. The fourth-order valence-electron chi connectivity index (χ4n) is 6.32. The van der Waals surface area contributed by atoms with E-state index in [0.717, 1.165) is 87.9 Å². The molecule has 3 aliphatic rings. The van der Waals surface area contributed by atoms with Gasteiger partial charge in [0.15, 0.2) is 0 Å². The molecule has 4 N–H and O–H groups in total.